The summed E-state index contributed by atoms with van der Waals surface area (Å²) in [6, 6.07) is 4.12. The van der Waals surface area contributed by atoms with Crippen molar-refractivity contribution < 1.29 is 4.79 Å². The van der Waals surface area contributed by atoms with Crippen LogP contribution >= 0.6 is 27.3 Å². The normalized spacial score (nSPS) is 11.1. The van der Waals surface area contributed by atoms with E-state index in [0.717, 1.165) is 9.35 Å². The van der Waals surface area contributed by atoms with Gasteiger partial charge in [-0.2, -0.15) is 5.10 Å². The molecular formula is C12H13BrN2OS. The average Bonchev–Trinajstić information content (AvgIpc) is 2.86. The molecule has 0 bridgehead atoms. The topological polar surface area (TPSA) is 34.9 Å². The van der Waals surface area contributed by atoms with Crippen molar-refractivity contribution in [2.75, 3.05) is 0 Å². The van der Waals surface area contributed by atoms with Crippen LogP contribution in [0.1, 0.15) is 35.3 Å². The first kappa shape index (κ1) is 12.5. The number of Topliss-reactive ketones (excluding diaryl/α,β-unsaturated/α-hetero) is 1. The van der Waals surface area contributed by atoms with Gasteiger partial charge in [0.25, 0.3) is 0 Å². The van der Waals surface area contributed by atoms with Crippen LogP contribution in [-0.4, -0.2) is 15.6 Å². The summed E-state index contributed by atoms with van der Waals surface area (Å²) in [5, 5.41) is 6.20. The Morgan fingerprint density at radius 3 is 2.94 bits per heavy atom. The largest absolute Gasteiger partial charge is 0.292 e. The van der Waals surface area contributed by atoms with Gasteiger partial charge in [-0.05, 0) is 41.2 Å². The summed E-state index contributed by atoms with van der Waals surface area (Å²) >= 11 is 4.99. The Bertz CT molecular complexity index is 517. The van der Waals surface area contributed by atoms with Gasteiger partial charge in [0.15, 0.2) is 5.78 Å². The van der Waals surface area contributed by atoms with E-state index in [1.165, 1.54) is 0 Å². The first-order valence-electron chi connectivity index (χ1n) is 5.38. The summed E-state index contributed by atoms with van der Waals surface area (Å²) in [6.45, 7) is 4.03. The third-order valence-electron chi connectivity index (χ3n) is 2.42. The van der Waals surface area contributed by atoms with Gasteiger partial charge in [-0.1, -0.05) is 6.07 Å². The minimum atomic E-state index is 0.102. The lowest BCUT2D eigenvalue weighted by Crippen LogP contribution is -2.14. The van der Waals surface area contributed by atoms with Crippen LogP contribution in [0, 0.1) is 0 Å². The molecule has 0 amide bonds. The van der Waals surface area contributed by atoms with Crippen molar-refractivity contribution in [3.8, 4) is 0 Å². The van der Waals surface area contributed by atoms with Gasteiger partial charge in [-0.25, -0.2) is 0 Å². The van der Waals surface area contributed by atoms with E-state index in [2.05, 4.69) is 21.0 Å². The third kappa shape index (κ3) is 2.66. The summed E-state index contributed by atoms with van der Waals surface area (Å²) in [5.41, 5.74) is 0.661. The smallest absolute Gasteiger partial charge is 0.187 e. The van der Waals surface area contributed by atoms with Crippen LogP contribution in [0.25, 0.3) is 0 Å². The Kier molecular flexibility index (Phi) is 3.79. The molecule has 0 radical (unpaired) electrons. The van der Waals surface area contributed by atoms with Crippen molar-refractivity contribution in [3.63, 3.8) is 0 Å². The van der Waals surface area contributed by atoms with Crippen molar-refractivity contribution in [1.82, 2.24) is 9.78 Å². The average molecular weight is 313 g/mol. The highest BCUT2D eigenvalue weighted by molar-refractivity contribution is 9.10. The minimum absolute atomic E-state index is 0.102. The lowest BCUT2D eigenvalue weighted by molar-refractivity contribution is 0.0981. The second kappa shape index (κ2) is 5.14. The lowest BCUT2D eigenvalue weighted by atomic mass is 10.2. The number of hydrogen-bond donors (Lipinski definition) is 0. The van der Waals surface area contributed by atoms with E-state index in [-0.39, 0.29) is 11.8 Å². The number of carbonyl (C=O) groups is 1. The quantitative estimate of drug-likeness (QED) is 0.807. The van der Waals surface area contributed by atoms with Crippen LogP contribution in [-0.2, 0) is 6.42 Å². The van der Waals surface area contributed by atoms with Gasteiger partial charge in [0.1, 0.15) is 5.69 Å². The number of aromatic nitrogens is 2. The minimum Gasteiger partial charge on any atom is -0.292 e. The van der Waals surface area contributed by atoms with Gasteiger partial charge >= 0.3 is 0 Å². The molecule has 2 aromatic rings. The molecule has 0 saturated carbocycles. The highest BCUT2D eigenvalue weighted by Crippen LogP contribution is 2.22. The van der Waals surface area contributed by atoms with E-state index in [4.69, 9.17) is 0 Å². The molecule has 0 aromatic carbocycles. The number of nitrogens with zero attached hydrogens (tertiary/aromatic N) is 2. The van der Waals surface area contributed by atoms with E-state index in [1.807, 2.05) is 31.4 Å². The Hall–Kier alpha value is -0.940. The zero-order valence-electron chi connectivity index (χ0n) is 9.68. The van der Waals surface area contributed by atoms with Crippen LogP contribution in [0.15, 0.2) is 28.2 Å². The molecule has 0 fully saturated rings. The molecule has 0 atom stereocenters. The van der Waals surface area contributed by atoms with Crippen molar-refractivity contribution in [2.45, 2.75) is 26.3 Å². The number of carbonyl (C=O) groups excluding carboxylic acids is 1. The highest BCUT2D eigenvalue weighted by Gasteiger charge is 2.19. The van der Waals surface area contributed by atoms with Gasteiger partial charge in [0.05, 0.1) is 10.7 Å². The Balaban J connectivity index is 2.27. The molecule has 2 rings (SSSR count). The molecular weight excluding hydrogens is 300 g/mol. The summed E-state index contributed by atoms with van der Waals surface area (Å²) < 4.78 is 2.53. The number of halogens is 1. The number of hydrogen-bond acceptors (Lipinski definition) is 3. The first-order valence-corrected chi connectivity index (χ1v) is 7.05. The molecule has 0 aliphatic rings. The Morgan fingerprint density at radius 2 is 2.35 bits per heavy atom. The number of rotatable bonds is 4. The predicted molar refractivity (Wildman–Crippen MR) is 72.7 cm³/mol. The van der Waals surface area contributed by atoms with E-state index in [9.17, 15) is 4.79 Å². The van der Waals surface area contributed by atoms with Crippen molar-refractivity contribution >= 4 is 33.0 Å². The van der Waals surface area contributed by atoms with E-state index < -0.39 is 0 Å². The zero-order chi connectivity index (χ0) is 12.4. The maximum Gasteiger partial charge on any atom is 0.187 e. The first-order chi connectivity index (χ1) is 8.09. The van der Waals surface area contributed by atoms with Gasteiger partial charge in [0.2, 0.25) is 0 Å². The van der Waals surface area contributed by atoms with Gasteiger partial charge in [-0.15, -0.1) is 11.3 Å². The molecule has 0 unspecified atom stereocenters. The van der Waals surface area contributed by atoms with Crippen molar-refractivity contribution in [3.05, 3.63) is 38.8 Å². The molecule has 0 aliphatic heterocycles. The summed E-state index contributed by atoms with van der Waals surface area (Å²) in [5.74, 6) is 0.102. The fourth-order valence-corrected chi connectivity index (χ4v) is 2.85. The predicted octanol–water partition coefficient (Wildman–Crippen LogP) is 3.71. The number of thiophene rings is 1. The fraction of sp³-hybridized carbons (Fsp3) is 0.333. The van der Waals surface area contributed by atoms with Gasteiger partial charge in [0, 0.05) is 17.3 Å². The maximum atomic E-state index is 12.2. The summed E-state index contributed by atoms with van der Waals surface area (Å²) in [6.07, 6.45) is 2.12. The molecule has 0 spiro atoms. The maximum absolute atomic E-state index is 12.2. The molecule has 17 heavy (non-hydrogen) atoms. The summed E-state index contributed by atoms with van der Waals surface area (Å²) in [4.78, 5) is 13.3. The molecule has 3 nitrogen and oxygen atoms in total. The van der Waals surface area contributed by atoms with Crippen molar-refractivity contribution in [1.29, 1.82) is 0 Å². The van der Waals surface area contributed by atoms with Crippen LogP contribution in [0.2, 0.25) is 0 Å². The molecule has 0 N–H and O–H groups in total. The van der Waals surface area contributed by atoms with E-state index in [0.29, 0.717) is 12.1 Å². The van der Waals surface area contributed by atoms with Crippen molar-refractivity contribution in [2.24, 2.45) is 0 Å². The van der Waals surface area contributed by atoms with E-state index >= 15 is 0 Å². The monoisotopic (exact) mass is 312 g/mol. The highest BCUT2D eigenvalue weighted by atomic mass is 79.9. The third-order valence-corrected chi connectivity index (χ3v) is 3.88. The SMILES string of the molecule is CC(C)n1ncc(Br)c1C(=O)Cc1cccs1. The Morgan fingerprint density at radius 1 is 1.59 bits per heavy atom. The molecule has 2 aromatic heterocycles. The van der Waals surface area contributed by atoms with E-state index in [1.54, 1.807) is 22.2 Å². The fourth-order valence-electron chi connectivity index (χ4n) is 1.65. The second-order valence-electron chi connectivity index (χ2n) is 4.06. The molecule has 0 saturated heterocycles. The molecule has 5 heteroatoms. The van der Waals surface area contributed by atoms with Gasteiger partial charge < -0.3 is 0 Å². The van der Waals surface area contributed by atoms with Crippen LogP contribution in [0.3, 0.4) is 0 Å². The number of ketones is 1. The summed E-state index contributed by atoms with van der Waals surface area (Å²) in [7, 11) is 0. The molecule has 2 heterocycles. The van der Waals surface area contributed by atoms with Crippen LogP contribution < -0.4 is 0 Å². The lowest BCUT2D eigenvalue weighted by Gasteiger charge is -2.10. The second-order valence-corrected chi connectivity index (χ2v) is 5.95. The van der Waals surface area contributed by atoms with Crippen LogP contribution in [0.5, 0.6) is 0 Å². The van der Waals surface area contributed by atoms with Gasteiger partial charge in [-0.3, -0.25) is 9.48 Å². The standard InChI is InChI=1S/C12H13BrN2OS/c1-8(2)15-12(10(13)7-14-15)11(16)6-9-4-3-5-17-9/h3-5,7-8H,6H2,1-2H3. The Labute approximate surface area is 113 Å². The zero-order valence-corrected chi connectivity index (χ0v) is 12.1. The van der Waals surface area contributed by atoms with Crippen LogP contribution in [0.4, 0.5) is 0 Å². The molecule has 0 aliphatic carbocycles. The molecule has 90 valence electrons.